The minimum absolute atomic E-state index is 0.250. The first-order valence-corrected chi connectivity index (χ1v) is 2.74. The van der Waals surface area contributed by atoms with Gasteiger partial charge in [0.1, 0.15) is 6.04 Å². The summed E-state index contributed by atoms with van der Waals surface area (Å²) in [6, 6.07) is -0.731. The van der Waals surface area contributed by atoms with Crippen molar-refractivity contribution in [3.05, 3.63) is 0 Å². The van der Waals surface area contributed by atoms with E-state index in [4.69, 9.17) is 19.8 Å². The summed E-state index contributed by atoms with van der Waals surface area (Å²) >= 11 is -0.250. The molecule has 0 aromatic heterocycles. The molecular formula is C3H8N2O3S. The lowest BCUT2D eigenvalue weighted by Gasteiger charge is -1.90. The summed E-state index contributed by atoms with van der Waals surface area (Å²) < 4.78 is 14.1. The van der Waals surface area contributed by atoms with E-state index in [-0.39, 0.29) is 11.5 Å². The molecule has 1 unspecified atom stereocenters. The van der Waals surface area contributed by atoms with Crippen LogP contribution in [0.4, 0.5) is 0 Å². The molecule has 0 saturated carbocycles. The molecule has 1 atom stereocenters. The van der Waals surface area contributed by atoms with Gasteiger partial charge in [-0.3, -0.25) is 4.79 Å². The number of carboxylic acids is 1. The Labute approximate surface area is 55.9 Å². The molecule has 0 aliphatic heterocycles. The molecule has 0 aliphatic carbocycles. The molecular weight excluding hydrogens is 144 g/mol. The molecule has 0 saturated heterocycles. The number of carboxylic acid groups (broad SMARTS) is 1. The quantitative estimate of drug-likeness (QED) is 0.465. The molecule has 0 aromatic rings. The van der Waals surface area contributed by atoms with Crippen molar-refractivity contribution in [3.8, 4) is 0 Å². The Balaban J connectivity index is 0. The maximum Gasteiger partial charge on any atom is 0.320 e. The Morgan fingerprint density at radius 1 is 1.89 bits per heavy atom. The van der Waals surface area contributed by atoms with Crippen LogP contribution in [0.1, 0.15) is 6.92 Å². The number of rotatable bonds is 1. The van der Waals surface area contributed by atoms with Crippen LogP contribution in [0.3, 0.4) is 0 Å². The Kier molecular flexibility index (Phi) is 8.94. The van der Waals surface area contributed by atoms with E-state index >= 15 is 0 Å². The zero-order valence-electron chi connectivity index (χ0n) is 4.83. The first-order chi connectivity index (χ1) is 4.06. The summed E-state index contributed by atoms with van der Waals surface area (Å²) in [5, 5.41) is 7.87. The van der Waals surface area contributed by atoms with E-state index in [2.05, 4.69) is 0 Å². The zero-order valence-corrected chi connectivity index (χ0v) is 5.64. The van der Waals surface area contributed by atoms with E-state index < -0.39 is 12.0 Å². The van der Waals surface area contributed by atoms with E-state index in [1.807, 2.05) is 0 Å². The van der Waals surface area contributed by atoms with Crippen molar-refractivity contribution in [2.24, 2.45) is 5.73 Å². The van der Waals surface area contributed by atoms with Crippen LogP contribution in [0.2, 0.25) is 0 Å². The van der Waals surface area contributed by atoms with Gasteiger partial charge in [0.25, 0.3) is 0 Å². The summed E-state index contributed by atoms with van der Waals surface area (Å²) in [6.45, 7) is 1.42. The van der Waals surface area contributed by atoms with Crippen LogP contribution in [0.5, 0.6) is 0 Å². The molecule has 0 aliphatic rings. The average Bonchev–Trinajstić information content (AvgIpc) is 1.68. The SMILES string of the molecule is CC(N)C(=O)O.N=S=O. The van der Waals surface area contributed by atoms with E-state index in [1.54, 1.807) is 0 Å². The van der Waals surface area contributed by atoms with Crippen molar-refractivity contribution >= 4 is 17.4 Å². The Morgan fingerprint density at radius 3 is 2.00 bits per heavy atom. The Bertz CT molecular complexity index is 118. The number of hydrogen-bond acceptors (Lipinski definition) is 4. The third-order valence-corrected chi connectivity index (χ3v) is 0.390. The number of nitrogens with one attached hydrogen (secondary N) is 1. The lowest BCUT2D eigenvalue weighted by atomic mass is 10.4. The van der Waals surface area contributed by atoms with E-state index in [1.165, 1.54) is 6.92 Å². The molecule has 0 fully saturated rings. The van der Waals surface area contributed by atoms with E-state index in [0.29, 0.717) is 0 Å². The zero-order chi connectivity index (χ0) is 7.86. The van der Waals surface area contributed by atoms with E-state index in [0.717, 1.165) is 0 Å². The highest BCUT2D eigenvalue weighted by Crippen LogP contribution is 1.68. The van der Waals surface area contributed by atoms with Gasteiger partial charge in [0, 0.05) is 0 Å². The molecule has 0 heterocycles. The fourth-order valence-corrected chi connectivity index (χ4v) is 0. The van der Waals surface area contributed by atoms with Gasteiger partial charge in [-0.05, 0) is 6.92 Å². The fourth-order valence-electron chi connectivity index (χ4n) is 0. The van der Waals surface area contributed by atoms with Gasteiger partial charge in [0.15, 0.2) is 11.5 Å². The van der Waals surface area contributed by atoms with Gasteiger partial charge < -0.3 is 10.8 Å². The number of hydrogen-bond donors (Lipinski definition) is 3. The van der Waals surface area contributed by atoms with Gasteiger partial charge in [-0.2, -0.15) is 4.21 Å². The number of carbonyl (C=O) groups is 1. The van der Waals surface area contributed by atoms with Gasteiger partial charge in [0.2, 0.25) is 0 Å². The predicted octanol–water partition coefficient (Wildman–Crippen LogP) is -0.620. The third-order valence-electron chi connectivity index (χ3n) is 0.390. The van der Waals surface area contributed by atoms with Crippen molar-refractivity contribution in [1.29, 1.82) is 4.78 Å². The monoisotopic (exact) mass is 152 g/mol. The van der Waals surface area contributed by atoms with Crippen molar-refractivity contribution in [2.45, 2.75) is 13.0 Å². The maximum absolute atomic E-state index is 9.57. The summed E-state index contributed by atoms with van der Waals surface area (Å²) in [5.41, 5.74) is 4.84. The lowest BCUT2D eigenvalue weighted by molar-refractivity contribution is -0.138. The maximum atomic E-state index is 9.57. The second-order valence-corrected chi connectivity index (χ2v) is 1.38. The van der Waals surface area contributed by atoms with Crippen LogP contribution in [-0.4, -0.2) is 21.3 Å². The molecule has 9 heavy (non-hydrogen) atoms. The smallest absolute Gasteiger partial charge is 0.320 e. The molecule has 4 N–H and O–H groups in total. The van der Waals surface area contributed by atoms with Crippen molar-refractivity contribution in [1.82, 2.24) is 0 Å². The number of aliphatic carboxylic acids is 1. The fraction of sp³-hybridized carbons (Fsp3) is 0.667. The molecule has 0 rings (SSSR count). The van der Waals surface area contributed by atoms with Crippen molar-refractivity contribution < 1.29 is 14.1 Å². The van der Waals surface area contributed by atoms with Gasteiger partial charge in [-0.1, -0.05) is 0 Å². The van der Waals surface area contributed by atoms with E-state index in [9.17, 15) is 4.79 Å². The molecule has 0 aromatic carbocycles. The Morgan fingerprint density at radius 2 is 2.00 bits per heavy atom. The minimum Gasteiger partial charge on any atom is -0.480 e. The van der Waals surface area contributed by atoms with Crippen molar-refractivity contribution in [3.63, 3.8) is 0 Å². The average molecular weight is 152 g/mol. The van der Waals surface area contributed by atoms with Crippen LogP contribution in [0.15, 0.2) is 0 Å². The van der Waals surface area contributed by atoms with Crippen LogP contribution >= 0.6 is 0 Å². The molecule has 0 spiro atoms. The molecule has 54 valence electrons. The normalized spacial score (nSPS) is 10.4. The highest BCUT2D eigenvalue weighted by molar-refractivity contribution is 7.53. The molecule has 5 nitrogen and oxygen atoms in total. The highest BCUT2D eigenvalue weighted by atomic mass is 32.1. The summed E-state index contributed by atoms with van der Waals surface area (Å²) in [7, 11) is 0. The van der Waals surface area contributed by atoms with Gasteiger partial charge >= 0.3 is 5.97 Å². The first-order valence-electron chi connectivity index (χ1n) is 2.00. The first kappa shape index (κ1) is 11.1. The summed E-state index contributed by atoms with van der Waals surface area (Å²) in [4.78, 5) is 9.57. The lowest BCUT2D eigenvalue weighted by Crippen LogP contribution is -2.25. The van der Waals surface area contributed by atoms with Gasteiger partial charge in [-0.25, -0.2) is 4.78 Å². The topological polar surface area (TPSA) is 104 Å². The minimum atomic E-state index is -0.963. The Hall–Kier alpha value is -0.750. The second kappa shape index (κ2) is 7.25. The standard InChI is InChI=1S/C3H7NO2.HNOS/c1-2(4)3(5)6;1-3-2/h2H,4H2,1H3,(H,5,6);1H. The van der Waals surface area contributed by atoms with Crippen LogP contribution < -0.4 is 5.73 Å². The highest BCUT2D eigenvalue weighted by Gasteiger charge is 1.99. The van der Waals surface area contributed by atoms with Crippen molar-refractivity contribution in [2.75, 3.05) is 0 Å². The van der Waals surface area contributed by atoms with Crippen LogP contribution in [-0.2, 0) is 16.3 Å². The molecule has 0 amide bonds. The van der Waals surface area contributed by atoms with Gasteiger partial charge in [0.05, 0.1) is 0 Å². The van der Waals surface area contributed by atoms with Crippen LogP contribution in [0.25, 0.3) is 0 Å². The summed E-state index contributed by atoms with van der Waals surface area (Å²) in [6.07, 6.45) is 0. The molecule has 6 heteroatoms. The third kappa shape index (κ3) is 18.9. The molecule has 0 bridgehead atoms. The second-order valence-electron chi connectivity index (χ2n) is 1.21. The predicted molar refractivity (Wildman–Crippen MR) is 32.1 cm³/mol. The van der Waals surface area contributed by atoms with Crippen LogP contribution in [0, 0.1) is 4.78 Å². The number of nitrogens with two attached hydrogens (primary N) is 1. The summed E-state index contributed by atoms with van der Waals surface area (Å²) in [5.74, 6) is -0.963. The largest absolute Gasteiger partial charge is 0.480 e. The molecule has 0 radical (unpaired) electrons. The van der Waals surface area contributed by atoms with Gasteiger partial charge in [-0.15, -0.1) is 0 Å².